The molecule has 2 saturated heterocycles. The van der Waals surface area contributed by atoms with E-state index in [1.807, 2.05) is 0 Å². The van der Waals surface area contributed by atoms with Crippen LogP contribution in [-0.2, 0) is 0 Å². The summed E-state index contributed by atoms with van der Waals surface area (Å²) in [5.74, 6) is 1.09. The summed E-state index contributed by atoms with van der Waals surface area (Å²) in [6.45, 7) is 5.44. The van der Waals surface area contributed by atoms with E-state index in [1.54, 1.807) is 0 Å². The molecule has 0 bridgehead atoms. The Bertz CT molecular complexity index is 1220. The molecule has 0 radical (unpaired) electrons. The molecular formula is C18H22B5N7. The number of aromatic nitrogens is 2. The second-order valence-electron chi connectivity index (χ2n) is 9.22. The van der Waals surface area contributed by atoms with Crippen LogP contribution in [0.1, 0.15) is 0 Å². The van der Waals surface area contributed by atoms with Crippen molar-refractivity contribution in [3.05, 3.63) is 42.5 Å². The summed E-state index contributed by atoms with van der Waals surface area (Å²) in [6, 6.07) is 15.4. The van der Waals surface area contributed by atoms with Crippen LogP contribution in [0.25, 0.3) is 22.4 Å². The maximum atomic E-state index is 5.16. The maximum absolute atomic E-state index is 5.16. The lowest BCUT2D eigenvalue weighted by molar-refractivity contribution is 0.514. The molecule has 4 aliphatic rings. The molecule has 30 heavy (non-hydrogen) atoms. The minimum Gasteiger partial charge on any atom is -0.415 e. The van der Waals surface area contributed by atoms with Crippen LogP contribution in [0, 0.1) is 0 Å². The van der Waals surface area contributed by atoms with E-state index < -0.39 is 0 Å². The van der Waals surface area contributed by atoms with Crippen molar-refractivity contribution in [2.24, 2.45) is 0 Å². The predicted molar refractivity (Wildman–Crippen MR) is 128 cm³/mol. The molecule has 0 saturated carbocycles. The number of anilines is 1. The van der Waals surface area contributed by atoms with Gasteiger partial charge < -0.3 is 28.0 Å². The zero-order valence-corrected chi connectivity index (χ0v) is 18.1. The van der Waals surface area contributed by atoms with Gasteiger partial charge in [-0.25, -0.2) is 4.98 Å². The Balaban J connectivity index is 1.63. The largest absolute Gasteiger partial charge is 0.445 e. The fourth-order valence-corrected chi connectivity index (χ4v) is 6.35. The SMILES string of the molecule is CB1N(C)B2c3cccc4nc5n(c34)B3N2B(N1C)N(C)B(C)N3c1ccccc1-5. The van der Waals surface area contributed by atoms with Crippen LogP contribution in [0.5, 0.6) is 0 Å². The van der Waals surface area contributed by atoms with Gasteiger partial charge in [0.05, 0.1) is 11.0 Å². The first-order chi connectivity index (χ1) is 14.5. The molecule has 4 aliphatic heterocycles. The van der Waals surface area contributed by atoms with Gasteiger partial charge in [-0.05, 0) is 44.8 Å². The van der Waals surface area contributed by atoms with Gasteiger partial charge in [-0.1, -0.05) is 37.9 Å². The van der Waals surface area contributed by atoms with Gasteiger partial charge in [0.15, 0.2) is 0 Å². The van der Waals surface area contributed by atoms with E-state index in [-0.39, 0.29) is 28.2 Å². The highest BCUT2D eigenvalue weighted by Gasteiger charge is 2.65. The normalized spacial score (nSPS) is 21.2. The van der Waals surface area contributed by atoms with Crippen molar-refractivity contribution in [3.8, 4) is 11.4 Å². The molecule has 0 aliphatic carbocycles. The third-order valence-corrected chi connectivity index (χ3v) is 8.02. The highest BCUT2D eigenvalue weighted by atomic mass is 15.5. The Labute approximate surface area is 179 Å². The lowest BCUT2D eigenvalue weighted by Gasteiger charge is -2.63. The van der Waals surface area contributed by atoms with E-state index in [1.165, 1.54) is 22.2 Å². The Morgan fingerprint density at radius 3 is 2.40 bits per heavy atom. The molecule has 0 spiro atoms. The van der Waals surface area contributed by atoms with Crippen molar-refractivity contribution in [3.63, 3.8) is 0 Å². The number of hydrogen-bond acceptors (Lipinski definition) is 6. The van der Waals surface area contributed by atoms with Gasteiger partial charge in [-0.2, -0.15) is 0 Å². The average molecular weight is 390 g/mol. The van der Waals surface area contributed by atoms with Crippen molar-refractivity contribution in [1.82, 2.24) is 28.3 Å². The zero-order valence-electron chi connectivity index (χ0n) is 18.1. The van der Waals surface area contributed by atoms with Crippen LogP contribution in [0.2, 0.25) is 13.6 Å². The van der Waals surface area contributed by atoms with Gasteiger partial charge in [0.2, 0.25) is 0 Å². The maximum Gasteiger partial charge on any atom is 0.445 e. The van der Waals surface area contributed by atoms with Crippen LogP contribution >= 0.6 is 0 Å². The monoisotopic (exact) mass is 391 g/mol. The number of fused-ring (bicyclic) bond motifs is 4. The molecule has 5 heterocycles. The first kappa shape index (κ1) is 17.5. The van der Waals surface area contributed by atoms with Gasteiger partial charge in [-0.15, -0.1) is 0 Å². The standard InChI is InChI=1S/C18H22B5N7/c1-19-25(3)21-14-10-8-11-15-17(14)28-18(24-15)13-9-6-7-12-16(13)29-20(2)27(5)22(26(19)4)30(21)23(28)29/h6-12H,1-5H3. The molecule has 2 aromatic carbocycles. The summed E-state index contributed by atoms with van der Waals surface area (Å²) in [5.41, 5.74) is 6.24. The van der Waals surface area contributed by atoms with Crippen molar-refractivity contribution in [2.75, 3.05) is 25.9 Å². The van der Waals surface area contributed by atoms with Gasteiger partial charge >= 0.3 is 28.2 Å². The summed E-state index contributed by atoms with van der Waals surface area (Å²) in [4.78, 5) is 5.16. The smallest absolute Gasteiger partial charge is 0.415 e. The van der Waals surface area contributed by atoms with E-state index in [4.69, 9.17) is 4.98 Å². The summed E-state index contributed by atoms with van der Waals surface area (Å²) in [5, 5.41) is 0. The average Bonchev–Trinajstić information content (AvgIpc) is 3.15. The van der Waals surface area contributed by atoms with Gasteiger partial charge in [-0.3, -0.25) is 0 Å². The van der Waals surface area contributed by atoms with Crippen LogP contribution in [0.3, 0.4) is 0 Å². The molecule has 3 aromatic rings. The number of hydrogen-bond donors (Lipinski definition) is 0. The summed E-state index contributed by atoms with van der Waals surface area (Å²) in [6.07, 6.45) is 0. The quantitative estimate of drug-likeness (QED) is 0.518. The molecule has 2 fully saturated rings. The fourth-order valence-electron chi connectivity index (χ4n) is 6.35. The molecule has 1 aromatic heterocycles. The number of benzene rings is 2. The third kappa shape index (κ3) is 1.78. The van der Waals surface area contributed by atoms with E-state index in [9.17, 15) is 0 Å². The lowest BCUT2D eigenvalue weighted by atomic mass is 9.34. The molecule has 144 valence electrons. The first-order valence-electron chi connectivity index (χ1n) is 10.8. The molecule has 0 N–H and O–H groups in total. The number of nitrogens with zero attached hydrogens (tertiary/aromatic N) is 7. The summed E-state index contributed by atoms with van der Waals surface area (Å²) < 4.78 is 15.3. The predicted octanol–water partition coefficient (Wildman–Crippen LogP) is 0.411. The molecule has 0 unspecified atom stereocenters. The molecule has 0 amide bonds. The highest BCUT2D eigenvalue weighted by molar-refractivity contribution is 7.06. The van der Waals surface area contributed by atoms with Crippen LogP contribution in [-0.4, -0.2) is 84.6 Å². The third-order valence-electron chi connectivity index (χ3n) is 8.02. The summed E-state index contributed by atoms with van der Waals surface area (Å²) in [7, 11) is 7.09. The molecule has 0 atom stereocenters. The highest BCUT2D eigenvalue weighted by Crippen LogP contribution is 2.44. The second-order valence-corrected chi connectivity index (χ2v) is 9.22. The second kappa shape index (κ2) is 5.56. The van der Waals surface area contributed by atoms with E-state index in [0.29, 0.717) is 6.98 Å². The Morgan fingerprint density at radius 1 is 0.800 bits per heavy atom. The van der Waals surface area contributed by atoms with Crippen LogP contribution in [0.4, 0.5) is 5.69 Å². The van der Waals surface area contributed by atoms with Crippen LogP contribution in [0.15, 0.2) is 42.5 Å². The fraction of sp³-hybridized carbons (Fsp3) is 0.278. The Kier molecular flexibility index (Phi) is 3.25. The minimum absolute atomic E-state index is 0.105. The van der Waals surface area contributed by atoms with Crippen molar-refractivity contribution in [2.45, 2.75) is 13.6 Å². The van der Waals surface area contributed by atoms with E-state index in [0.717, 1.165) is 11.3 Å². The lowest BCUT2D eigenvalue weighted by Crippen LogP contribution is -2.93. The van der Waals surface area contributed by atoms with Crippen molar-refractivity contribution in [1.29, 1.82) is 0 Å². The van der Waals surface area contributed by atoms with Gasteiger partial charge in [0.1, 0.15) is 5.82 Å². The van der Waals surface area contributed by atoms with E-state index >= 15 is 0 Å². The van der Waals surface area contributed by atoms with Gasteiger partial charge in [0.25, 0.3) is 6.98 Å². The van der Waals surface area contributed by atoms with Crippen LogP contribution < -0.4 is 10.2 Å². The molecule has 12 heteroatoms. The number of para-hydroxylation sites is 2. The van der Waals surface area contributed by atoms with E-state index in [2.05, 4.69) is 105 Å². The first-order valence-corrected chi connectivity index (χ1v) is 10.8. The Hall–Kier alpha value is -2.13. The van der Waals surface area contributed by atoms with Crippen molar-refractivity contribution >= 4 is 57.4 Å². The summed E-state index contributed by atoms with van der Waals surface area (Å²) >= 11 is 0. The Morgan fingerprint density at radius 2 is 1.57 bits per heavy atom. The topological polar surface area (TPSA) is 34.0 Å². The molecular weight excluding hydrogens is 368 g/mol. The molecule has 7 rings (SSSR count). The number of imidazole rings is 1. The molecule has 7 nitrogen and oxygen atoms in total. The zero-order chi connectivity index (χ0) is 20.5. The van der Waals surface area contributed by atoms with Gasteiger partial charge in [0, 0.05) is 11.3 Å². The van der Waals surface area contributed by atoms with Crippen molar-refractivity contribution < 1.29 is 0 Å². The minimum atomic E-state index is 0.105. The number of rotatable bonds is 0.